The van der Waals surface area contributed by atoms with E-state index in [0.29, 0.717) is 18.9 Å². The highest BCUT2D eigenvalue weighted by Gasteiger charge is 2.17. The van der Waals surface area contributed by atoms with E-state index in [2.05, 4.69) is 5.32 Å². The van der Waals surface area contributed by atoms with Gasteiger partial charge in [0.1, 0.15) is 0 Å². The predicted molar refractivity (Wildman–Crippen MR) is 59.4 cm³/mol. The third kappa shape index (κ3) is 4.62. The molecular weight excluding hydrogens is 192 g/mol. The Morgan fingerprint density at radius 2 is 2.20 bits per heavy atom. The number of hydrogen-bond acceptors (Lipinski definition) is 3. The lowest BCUT2D eigenvalue weighted by Gasteiger charge is -2.14. The molecule has 1 aliphatic carbocycles. The number of carbonyl (C=O) groups is 1. The monoisotopic (exact) mass is 214 g/mol. The van der Waals surface area contributed by atoms with Crippen molar-refractivity contribution >= 4 is 5.91 Å². The van der Waals surface area contributed by atoms with Crippen LogP contribution in [0.3, 0.4) is 0 Å². The van der Waals surface area contributed by atoms with Crippen molar-refractivity contribution < 1.29 is 9.53 Å². The van der Waals surface area contributed by atoms with Gasteiger partial charge in [-0.15, -0.1) is 0 Å². The molecule has 0 aromatic heterocycles. The number of methoxy groups -OCH3 is 1. The summed E-state index contributed by atoms with van der Waals surface area (Å²) in [6.07, 6.45) is 5.36. The van der Waals surface area contributed by atoms with Gasteiger partial charge in [0.2, 0.25) is 5.91 Å². The minimum atomic E-state index is -0.145. The number of carbonyl (C=O) groups excluding carboxylic acids is 1. The predicted octanol–water partition coefficient (Wildman–Crippen LogP) is 0.657. The van der Waals surface area contributed by atoms with Crippen LogP contribution in [0, 0.1) is 5.92 Å². The van der Waals surface area contributed by atoms with E-state index in [1.54, 1.807) is 7.11 Å². The second-order valence-electron chi connectivity index (χ2n) is 4.25. The molecule has 1 fully saturated rings. The van der Waals surface area contributed by atoms with E-state index < -0.39 is 0 Å². The highest BCUT2D eigenvalue weighted by Crippen LogP contribution is 2.23. The van der Waals surface area contributed by atoms with Crippen molar-refractivity contribution in [1.29, 1.82) is 0 Å². The number of nitrogens with one attached hydrogen (secondary N) is 1. The molecule has 0 aromatic carbocycles. The van der Waals surface area contributed by atoms with Crippen LogP contribution in [0.15, 0.2) is 0 Å². The van der Waals surface area contributed by atoms with Gasteiger partial charge < -0.3 is 15.8 Å². The summed E-state index contributed by atoms with van der Waals surface area (Å²) in [5.41, 5.74) is 5.44. The molecule has 4 heteroatoms. The van der Waals surface area contributed by atoms with E-state index in [9.17, 15) is 4.79 Å². The van der Waals surface area contributed by atoms with E-state index >= 15 is 0 Å². The lowest BCUT2D eigenvalue weighted by atomic mass is 10.1. The molecule has 0 spiro atoms. The van der Waals surface area contributed by atoms with Crippen LogP contribution in [0.4, 0.5) is 0 Å². The number of amides is 1. The van der Waals surface area contributed by atoms with Gasteiger partial charge in [0.15, 0.2) is 0 Å². The first kappa shape index (κ1) is 12.5. The van der Waals surface area contributed by atoms with E-state index in [1.807, 2.05) is 0 Å². The zero-order valence-corrected chi connectivity index (χ0v) is 9.50. The molecule has 1 aliphatic rings. The fourth-order valence-corrected chi connectivity index (χ4v) is 2.01. The first-order chi connectivity index (χ1) is 7.26. The first-order valence-corrected chi connectivity index (χ1v) is 5.75. The van der Waals surface area contributed by atoms with Crippen molar-refractivity contribution in [2.75, 3.05) is 20.2 Å². The molecule has 0 aromatic rings. The molecule has 0 bridgehead atoms. The number of ether oxygens (including phenoxy) is 1. The maximum atomic E-state index is 11.5. The summed E-state index contributed by atoms with van der Waals surface area (Å²) in [5.74, 6) is 0.743. The SMILES string of the molecule is COC(CN)CC(=O)NCC1CCCC1. The summed E-state index contributed by atoms with van der Waals surface area (Å²) in [5, 5.41) is 2.95. The molecule has 0 saturated heterocycles. The van der Waals surface area contributed by atoms with Crippen molar-refractivity contribution in [2.24, 2.45) is 11.7 Å². The topological polar surface area (TPSA) is 64.3 Å². The molecule has 88 valence electrons. The highest BCUT2D eigenvalue weighted by atomic mass is 16.5. The smallest absolute Gasteiger partial charge is 0.222 e. The summed E-state index contributed by atoms with van der Waals surface area (Å²) in [7, 11) is 1.59. The summed E-state index contributed by atoms with van der Waals surface area (Å²) in [6, 6.07) is 0. The summed E-state index contributed by atoms with van der Waals surface area (Å²) >= 11 is 0. The van der Waals surface area contributed by atoms with Gasteiger partial charge in [0.05, 0.1) is 12.5 Å². The van der Waals surface area contributed by atoms with Gasteiger partial charge in [-0.3, -0.25) is 4.79 Å². The second kappa shape index (κ2) is 6.80. The molecule has 3 N–H and O–H groups in total. The van der Waals surface area contributed by atoms with Gasteiger partial charge in [-0.05, 0) is 18.8 Å². The average molecular weight is 214 g/mol. The third-order valence-corrected chi connectivity index (χ3v) is 3.07. The molecule has 0 aliphatic heterocycles. The maximum absolute atomic E-state index is 11.5. The molecule has 1 rings (SSSR count). The summed E-state index contributed by atoms with van der Waals surface area (Å²) in [6.45, 7) is 1.22. The Bertz CT molecular complexity index is 187. The van der Waals surface area contributed by atoms with Crippen LogP contribution in [0.5, 0.6) is 0 Å². The van der Waals surface area contributed by atoms with Crippen LogP contribution in [-0.4, -0.2) is 32.2 Å². The van der Waals surface area contributed by atoms with Crippen LogP contribution in [0.1, 0.15) is 32.1 Å². The Balaban J connectivity index is 2.11. The molecule has 1 atom stereocenters. The van der Waals surface area contributed by atoms with Crippen LogP contribution in [-0.2, 0) is 9.53 Å². The molecule has 0 heterocycles. The van der Waals surface area contributed by atoms with Crippen molar-refractivity contribution in [3.8, 4) is 0 Å². The van der Waals surface area contributed by atoms with Gasteiger partial charge in [-0.2, -0.15) is 0 Å². The van der Waals surface area contributed by atoms with Gasteiger partial charge in [0.25, 0.3) is 0 Å². The zero-order valence-electron chi connectivity index (χ0n) is 9.50. The van der Waals surface area contributed by atoms with Gasteiger partial charge in [-0.1, -0.05) is 12.8 Å². The largest absolute Gasteiger partial charge is 0.380 e. The normalized spacial score (nSPS) is 19.1. The van der Waals surface area contributed by atoms with Crippen molar-refractivity contribution in [2.45, 2.75) is 38.2 Å². The first-order valence-electron chi connectivity index (χ1n) is 5.75. The summed E-state index contributed by atoms with van der Waals surface area (Å²) in [4.78, 5) is 11.5. The van der Waals surface area contributed by atoms with Gasteiger partial charge in [-0.25, -0.2) is 0 Å². The average Bonchev–Trinajstić information content (AvgIpc) is 2.75. The number of nitrogens with two attached hydrogens (primary N) is 1. The molecule has 0 radical (unpaired) electrons. The lowest BCUT2D eigenvalue weighted by molar-refractivity contribution is -0.123. The second-order valence-corrected chi connectivity index (χ2v) is 4.25. The molecule has 15 heavy (non-hydrogen) atoms. The van der Waals surface area contributed by atoms with Crippen molar-refractivity contribution in [3.63, 3.8) is 0 Å². The molecule has 4 nitrogen and oxygen atoms in total. The number of hydrogen-bond donors (Lipinski definition) is 2. The number of rotatable bonds is 6. The molecule has 1 saturated carbocycles. The van der Waals surface area contributed by atoms with Crippen molar-refractivity contribution in [3.05, 3.63) is 0 Å². The summed E-state index contributed by atoms with van der Waals surface area (Å²) < 4.78 is 5.06. The Labute approximate surface area is 91.5 Å². The fraction of sp³-hybridized carbons (Fsp3) is 0.909. The van der Waals surface area contributed by atoms with Crippen LogP contribution >= 0.6 is 0 Å². The fourth-order valence-electron chi connectivity index (χ4n) is 2.01. The standard InChI is InChI=1S/C11H22N2O2/c1-15-10(7-12)6-11(14)13-8-9-4-2-3-5-9/h9-10H,2-8,12H2,1H3,(H,13,14). The minimum absolute atomic E-state index is 0.0548. The van der Waals surface area contributed by atoms with E-state index in [1.165, 1.54) is 25.7 Å². The molecule has 1 unspecified atom stereocenters. The van der Waals surface area contributed by atoms with Crippen LogP contribution < -0.4 is 11.1 Å². The van der Waals surface area contributed by atoms with Gasteiger partial charge in [0, 0.05) is 20.2 Å². The molecular formula is C11H22N2O2. The van der Waals surface area contributed by atoms with Crippen molar-refractivity contribution in [1.82, 2.24) is 5.32 Å². The minimum Gasteiger partial charge on any atom is -0.380 e. The van der Waals surface area contributed by atoms with E-state index in [0.717, 1.165) is 6.54 Å². The third-order valence-electron chi connectivity index (χ3n) is 3.07. The van der Waals surface area contributed by atoms with Crippen LogP contribution in [0.25, 0.3) is 0 Å². The van der Waals surface area contributed by atoms with E-state index in [-0.39, 0.29) is 12.0 Å². The molecule has 1 amide bonds. The Kier molecular flexibility index (Phi) is 5.65. The van der Waals surface area contributed by atoms with Gasteiger partial charge >= 0.3 is 0 Å². The Morgan fingerprint density at radius 1 is 1.53 bits per heavy atom. The van der Waals surface area contributed by atoms with E-state index in [4.69, 9.17) is 10.5 Å². The quantitative estimate of drug-likeness (QED) is 0.682. The Morgan fingerprint density at radius 3 is 2.73 bits per heavy atom. The zero-order chi connectivity index (χ0) is 11.1. The Hall–Kier alpha value is -0.610. The highest BCUT2D eigenvalue weighted by molar-refractivity contribution is 5.76. The lowest BCUT2D eigenvalue weighted by Crippen LogP contribution is -2.34. The maximum Gasteiger partial charge on any atom is 0.222 e. The van der Waals surface area contributed by atoms with Crippen LogP contribution in [0.2, 0.25) is 0 Å².